The summed E-state index contributed by atoms with van der Waals surface area (Å²) in [6, 6.07) is 0. The summed E-state index contributed by atoms with van der Waals surface area (Å²) in [4.78, 5) is 23.6. The zero-order valence-electron chi connectivity index (χ0n) is 18.9. The molecule has 0 saturated carbocycles. The minimum Gasteiger partial charge on any atom is -0.481 e. The number of aliphatic hydroxyl groups excluding tert-OH is 3. The number of carbonyl (C=O) groups is 2. The Kier molecular flexibility index (Phi) is 13.2. The summed E-state index contributed by atoms with van der Waals surface area (Å²) < 4.78 is 16.6. The summed E-state index contributed by atoms with van der Waals surface area (Å²) in [7, 11) is 0. The lowest BCUT2D eigenvalue weighted by Crippen LogP contribution is -2.58. The maximum atomic E-state index is 12.5. The normalized spacial score (nSPS) is 28.1. The van der Waals surface area contributed by atoms with Gasteiger partial charge in [0.05, 0.1) is 25.0 Å². The third-order valence-electron chi connectivity index (χ3n) is 5.47. The van der Waals surface area contributed by atoms with Crippen molar-refractivity contribution < 1.29 is 44.2 Å². The van der Waals surface area contributed by atoms with E-state index in [-0.39, 0.29) is 12.8 Å². The summed E-state index contributed by atoms with van der Waals surface area (Å²) in [5.41, 5.74) is 0. The second-order valence-electron chi connectivity index (χ2n) is 8.34. The first-order valence-electron chi connectivity index (χ1n) is 11.5. The van der Waals surface area contributed by atoms with Crippen molar-refractivity contribution in [2.45, 2.75) is 128 Å². The van der Waals surface area contributed by atoms with E-state index in [1.807, 2.05) is 6.92 Å². The van der Waals surface area contributed by atoms with Crippen LogP contribution in [0.3, 0.4) is 0 Å². The first-order valence-corrected chi connectivity index (χ1v) is 11.5. The number of unbranched alkanes of at least 4 members (excludes halogenated alkanes) is 4. The molecule has 9 nitrogen and oxygen atoms in total. The van der Waals surface area contributed by atoms with E-state index in [2.05, 4.69) is 6.92 Å². The van der Waals surface area contributed by atoms with Gasteiger partial charge in [0, 0.05) is 0 Å². The maximum Gasteiger partial charge on any atom is 0.308 e. The molecule has 1 rings (SSSR count). The van der Waals surface area contributed by atoms with E-state index in [0.717, 1.165) is 32.1 Å². The van der Waals surface area contributed by atoms with Crippen LogP contribution in [0.2, 0.25) is 0 Å². The molecule has 0 spiro atoms. The number of carbonyl (C=O) groups excluding carboxylic acids is 1. The van der Waals surface area contributed by atoms with Gasteiger partial charge in [-0.1, -0.05) is 46.0 Å². The van der Waals surface area contributed by atoms with Crippen LogP contribution in [0.15, 0.2) is 0 Å². The summed E-state index contributed by atoms with van der Waals surface area (Å²) in [5.74, 6) is -1.59. The number of carboxylic acids is 1. The van der Waals surface area contributed by atoms with Gasteiger partial charge in [0.1, 0.15) is 24.4 Å². The van der Waals surface area contributed by atoms with Gasteiger partial charge in [0.2, 0.25) is 0 Å². The van der Waals surface area contributed by atoms with Crippen molar-refractivity contribution in [2.24, 2.45) is 0 Å². The molecule has 0 amide bonds. The Bertz CT molecular complexity index is 527. The Morgan fingerprint density at radius 2 is 1.55 bits per heavy atom. The Labute approximate surface area is 184 Å². The molecule has 1 heterocycles. The summed E-state index contributed by atoms with van der Waals surface area (Å²) >= 11 is 0. The quantitative estimate of drug-likeness (QED) is 0.219. The predicted octanol–water partition coefficient (Wildman–Crippen LogP) is 2.14. The number of hydrogen-bond acceptors (Lipinski definition) is 8. The van der Waals surface area contributed by atoms with Crippen LogP contribution in [-0.2, 0) is 23.8 Å². The molecule has 1 aliphatic rings. The van der Waals surface area contributed by atoms with Gasteiger partial charge in [-0.25, -0.2) is 0 Å². The molecular formula is C22H40O9. The lowest BCUT2D eigenvalue weighted by atomic mass is 10.00. The average molecular weight is 449 g/mol. The molecule has 0 bridgehead atoms. The Hall–Kier alpha value is -1.26. The second kappa shape index (κ2) is 14.7. The highest BCUT2D eigenvalue weighted by atomic mass is 16.7. The average Bonchev–Trinajstić information content (AvgIpc) is 2.69. The van der Waals surface area contributed by atoms with Crippen LogP contribution in [-0.4, -0.2) is 75.3 Å². The van der Waals surface area contributed by atoms with Crippen LogP contribution >= 0.6 is 0 Å². The van der Waals surface area contributed by atoms with Gasteiger partial charge in [-0.3, -0.25) is 9.59 Å². The number of esters is 1. The van der Waals surface area contributed by atoms with Crippen molar-refractivity contribution in [3.8, 4) is 0 Å². The molecule has 1 fully saturated rings. The summed E-state index contributed by atoms with van der Waals surface area (Å²) in [5, 5.41) is 39.0. The molecule has 0 aromatic carbocycles. The van der Waals surface area contributed by atoms with Crippen molar-refractivity contribution in [3.63, 3.8) is 0 Å². The summed E-state index contributed by atoms with van der Waals surface area (Å²) in [6.07, 6.45) is -1.02. The Morgan fingerprint density at radius 1 is 0.871 bits per heavy atom. The van der Waals surface area contributed by atoms with Gasteiger partial charge in [-0.2, -0.15) is 0 Å². The van der Waals surface area contributed by atoms with Crippen LogP contribution in [0.25, 0.3) is 0 Å². The monoisotopic (exact) mass is 448 g/mol. The predicted molar refractivity (Wildman–Crippen MR) is 112 cm³/mol. The van der Waals surface area contributed by atoms with Crippen LogP contribution in [0.1, 0.15) is 85.0 Å². The topological polar surface area (TPSA) is 143 Å². The van der Waals surface area contributed by atoms with E-state index in [1.54, 1.807) is 6.92 Å². The minimum atomic E-state index is -1.45. The molecule has 0 aliphatic carbocycles. The minimum absolute atomic E-state index is 0.126. The highest BCUT2D eigenvalue weighted by Gasteiger charge is 2.43. The molecule has 9 heteroatoms. The van der Waals surface area contributed by atoms with Gasteiger partial charge in [-0.15, -0.1) is 0 Å². The fourth-order valence-electron chi connectivity index (χ4n) is 3.65. The van der Waals surface area contributed by atoms with Crippen molar-refractivity contribution in [1.82, 2.24) is 0 Å². The molecule has 0 aromatic rings. The SMILES string of the molecule is CCCCCCCC(CC(=O)O)OC(=O)CC(CCC)O[C@@H]1OC(C)[C@H](O)[C@H](O)C1O. The fourth-order valence-corrected chi connectivity index (χ4v) is 3.65. The molecular weight excluding hydrogens is 408 g/mol. The van der Waals surface area contributed by atoms with Crippen LogP contribution in [0, 0.1) is 0 Å². The van der Waals surface area contributed by atoms with Gasteiger partial charge < -0.3 is 34.6 Å². The first-order chi connectivity index (χ1) is 14.7. The van der Waals surface area contributed by atoms with Crippen LogP contribution in [0.5, 0.6) is 0 Å². The molecule has 4 unspecified atom stereocenters. The van der Waals surface area contributed by atoms with Gasteiger partial charge in [0.25, 0.3) is 0 Å². The smallest absolute Gasteiger partial charge is 0.308 e. The number of rotatable bonds is 15. The molecule has 7 atom stereocenters. The standard InChI is InChI=1S/C22H40O9/c1-4-6-7-8-9-11-16(12-17(23)24)30-18(25)13-15(10-5-2)31-22-21(28)20(27)19(26)14(3)29-22/h14-16,19-22,26-28H,4-13H2,1-3H3,(H,23,24)/t14?,15?,16?,19-,20-,21?,22-/m0/s1. The Balaban J connectivity index is 2.62. The van der Waals surface area contributed by atoms with Crippen molar-refractivity contribution in [3.05, 3.63) is 0 Å². The molecule has 1 saturated heterocycles. The van der Waals surface area contributed by atoms with Gasteiger partial charge >= 0.3 is 11.9 Å². The largest absolute Gasteiger partial charge is 0.481 e. The zero-order valence-corrected chi connectivity index (χ0v) is 18.9. The molecule has 0 radical (unpaired) electrons. The first kappa shape index (κ1) is 27.8. The molecule has 4 N–H and O–H groups in total. The lowest BCUT2D eigenvalue weighted by Gasteiger charge is -2.40. The number of carboxylic acid groups (broad SMARTS) is 1. The number of aliphatic hydroxyl groups is 3. The molecule has 0 aromatic heterocycles. The van der Waals surface area contributed by atoms with E-state index in [4.69, 9.17) is 19.3 Å². The third kappa shape index (κ3) is 10.3. The van der Waals surface area contributed by atoms with Crippen LogP contribution < -0.4 is 0 Å². The van der Waals surface area contributed by atoms with E-state index in [1.165, 1.54) is 0 Å². The van der Waals surface area contributed by atoms with E-state index < -0.39 is 54.9 Å². The summed E-state index contributed by atoms with van der Waals surface area (Å²) in [6.45, 7) is 5.57. The second-order valence-corrected chi connectivity index (χ2v) is 8.34. The maximum absolute atomic E-state index is 12.5. The fraction of sp³-hybridized carbons (Fsp3) is 0.909. The molecule has 1 aliphatic heterocycles. The van der Waals surface area contributed by atoms with Crippen molar-refractivity contribution >= 4 is 11.9 Å². The highest BCUT2D eigenvalue weighted by Crippen LogP contribution is 2.25. The van der Waals surface area contributed by atoms with Crippen LogP contribution in [0.4, 0.5) is 0 Å². The van der Waals surface area contributed by atoms with E-state index in [0.29, 0.717) is 19.3 Å². The lowest BCUT2D eigenvalue weighted by molar-refractivity contribution is -0.304. The third-order valence-corrected chi connectivity index (χ3v) is 5.47. The van der Waals surface area contributed by atoms with Gasteiger partial charge in [0.15, 0.2) is 6.29 Å². The molecule has 31 heavy (non-hydrogen) atoms. The number of ether oxygens (including phenoxy) is 3. The molecule has 182 valence electrons. The van der Waals surface area contributed by atoms with E-state index >= 15 is 0 Å². The number of aliphatic carboxylic acids is 1. The van der Waals surface area contributed by atoms with Crippen molar-refractivity contribution in [2.75, 3.05) is 0 Å². The highest BCUT2D eigenvalue weighted by molar-refractivity contribution is 5.72. The Morgan fingerprint density at radius 3 is 2.16 bits per heavy atom. The van der Waals surface area contributed by atoms with Crippen molar-refractivity contribution in [1.29, 1.82) is 0 Å². The van der Waals surface area contributed by atoms with E-state index in [9.17, 15) is 24.9 Å². The van der Waals surface area contributed by atoms with Gasteiger partial charge in [-0.05, 0) is 26.2 Å². The number of hydrogen-bond donors (Lipinski definition) is 4. The zero-order chi connectivity index (χ0) is 23.4.